The molecule has 0 aromatic rings. The highest BCUT2D eigenvalue weighted by Crippen LogP contribution is 2.01. The molecule has 0 unspecified atom stereocenters. The first-order valence-electron chi connectivity index (χ1n) is 4.07. The Hall–Kier alpha value is -0.570. The fourth-order valence-electron chi connectivity index (χ4n) is 0.754. The maximum atomic E-state index is 10.8. The molecule has 0 spiro atoms. The molecule has 0 heterocycles. The summed E-state index contributed by atoms with van der Waals surface area (Å²) in [7, 11) is 0. The second-order valence-corrected chi connectivity index (χ2v) is 2.41. The van der Waals surface area contributed by atoms with Gasteiger partial charge in [-0.3, -0.25) is 0 Å². The average Bonchev–Trinajstić information content (AvgIpc) is 2.00. The molecule has 3 nitrogen and oxygen atoms in total. The van der Waals surface area contributed by atoms with E-state index in [0.717, 1.165) is 12.8 Å². The fourth-order valence-corrected chi connectivity index (χ4v) is 0.754. The van der Waals surface area contributed by atoms with Crippen LogP contribution >= 0.6 is 0 Å². The van der Waals surface area contributed by atoms with Crippen molar-refractivity contribution in [1.82, 2.24) is 0 Å². The van der Waals surface area contributed by atoms with Crippen molar-refractivity contribution in [3.63, 3.8) is 0 Å². The zero-order valence-electron chi connectivity index (χ0n) is 7.17. The minimum atomic E-state index is -0.921. The van der Waals surface area contributed by atoms with E-state index in [1.54, 1.807) is 6.92 Å². The monoisotopic (exact) mass is 160 g/mol. The lowest BCUT2D eigenvalue weighted by molar-refractivity contribution is -0.153. The molecule has 0 bridgehead atoms. The molecule has 0 aromatic heterocycles. The average molecular weight is 160 g/mol. The van der Waals surface area contributed by atoms with E-state index < -0.39 is 12.1 Å². The predicted octanol–water partition coefficient (Wildman–Crippen LogP) is 1.10. The van der Waals surface area contributed by atoms with Gasteiger partial charge in [0.1, 0.15) is 0 Å². The van der Waals surface area contributed by atoms with Gasteiger partial charge in [-0.05, 0) is 13.3 Å². The Morgan fingerprint density at radius 1 is 1.55 bits per heavy atom. The van der Waals surface area contributed by atoms with Crippen molar-refractivity contribution in [3.8, 4) is 0 Å². The number of unbranched alkanes of at least 4 members (excludes halogenated alkanes) is 1. The SMILES string of the molecule is CCCC[C@H](O)C(=O)OCC. The molecular weight excluding hydrogens is 144 g/mol. The summed E-state index contributed by atoms with van der Waals surface area (Å²) >= 11 is 0. The summed E-state index contributed by atoms with van der Waals surface area (Å²) in [5, 5.41) is 9.11. The molecule has 0 amide bonds. The van der Waals surface area contributed by atoms with E-state index in [2.05, 4.69) is 4.74 Å². The lowest BCUT2D eigenvalue weighted by Gasteiger charge is -2.07. The largest absolute Gasteiger partial charge is 0.464 e. The summed E-state index contributed by atoms with van der Waals surface area (Å²) in [6.07, 6.45) is 1.43. The molecule has 0 saturated heterocycles. The standard InChI is InChI=1S/C8H16O3/c1-3-5-6-7(9)8(10)11-4-2/h7,9H,3-6H2,1-2H3/t7-/m0/s1. The molecule has 1 N–H and O–H groups in total. The number of carbonyl (C=O) groups excluding carboxylic acids is 1. The molecule has 0 aliphatic rings. The smallest absolute Gasteiger partial charge is 0.334 e. The number of esters is 1. The van der Waals surface area contributed by atoms with Crippen LogP contribution in [0, 0.1) is 0 Å². The van der Waals surface area contributed by atoms with E-state index in [1.807, 2.05) is 6.92 Å². The second kappa shape index (κ2) is 6.16. The van der Waals surface area contributed by atoms with Crippen LogP contribution in [0.4, 0.5) is 0 Å². The van der Waals surface area contributed by atoms with E-state index >= 15 is 0 Å². The lowest BCUT2D eigenvalue weighted by atomic mass is 10.2. The van der Waals surface area contributed by atoms with Gasteiger partial charge in [-0.25, -0.2) is 4.79 Å². The van der Waals surface area contributed by atoms with Crippen molar-refractivity contribution in [2.45, 2.75) is 39.2 Å². The Balaban J connectivity index is 3.46. The highest BCUT2D eigenvalue weighted by Gasteiger charge is 2.14. The van der Waals surface area contributed by atoms with Crippen LogP contribution in [-0.4, -0.2) is 23.8 Å². The number of aliphatic hydroxyl groups is 1. The molecule has 1 atom stereocenters. The highest BCUT2D eigenvalue weighted by molar-refractivity contribution is 5.74. The third-order valence-electron chi connectivity index (χ3n) is 1.39. The van der Waals surface area contributed by atoms with Gasteiger partial charge in [0.25, 0.3) is 0 Å². The first kappa shape index (κ1) is 10.4. The van der Waals surface area contributed by atoms with Crippen molar-refractivity contribution >= 4 is 5.97 Å². The Bertz CT molecular complexity index is 112. The lowest BCUT2D eigenvalue weighted by Crippen LogP contribution is -2.22. The summed E-state index contributed by atoms with van der Waals surface area (Å²) in [4.78, 5) is 10.8. The van der Waals surface area contributed by atoms with Gasteiger partial charge < -0.3 is 9.84 Å². The minimum absolute atomic E-state index is 0.335. The molecule has 3 heteroatoms. The van der Waals surface area contributed by atoms with Gasteiger partial charge in [0, 0.05) is 0 Å². The van der Waals surface area contributed by atoms with Crippen molar-refractivity contribution in [2.24, 2.45) is 0 Å². The van der Waals surface area contributed by atoms with Gasteiger partial charge in [0.05, 0.1) is 6.61 Å². The Morgan fingerprint density at radius 2 is 2.18 bits per heavy atom. The summed E-state index contributed by atoms with van der Waals surface area (Å²) in [5.41, 5.74) is 0. The van der Waals surface area contributed by atoms with Gasteiger partial charge in [0.2, 0.25) is 0 Å². The molecule has 0 saturated carbocycles. The molecule has 0 rings (SSSR count). The third-order valence-corrected chi connectivity index (χ3v) is 1.39. The van der Waals surface area contributed by atoms with Crippen molar-refractivity contribution in [1.29, 1.82) is 0 Å². The molecule has 0 radical (unpaired) electrons. The summed E-state index contributed by atoms with van der Waals surface area (Å²) in [6, 6.07) is 0. The number of hydrogen-bond acceptors (Lipinski definition) is 3. The van der Waals surface area contributed by atoms with Crippen LogP contribution in [0.25, 0.3) is 0 Å². The zero-order valence-corrected chi connectivity index (χ0v) is 7.17. The van der Waals surface area contributed by atoms with Crippen LogP contribution in [0.5, 0.6) is 0 Å². The molecule has 0 aliphatic carbocycles. The van der Waals surface area contributed by atoms with E-state index in [0.29, 0.717) is 13.0 Å². The van der Waals surface area contributed by atoms with Crippen molar-refractivity contribution in [2.75, 3.05) is 6.61 Å². The van der Waals surface area contributed by atoms with Gasteiger partial charge in [-0.1, -0.05) is 19.8 Å². The quantitative estimate of drug-likeness (QED) is 0.612. The molecule has 0 aliphatic heterocycles. The highest BCUT2D eigenvalue weighted by atomic mass is 16.5. The van der Waals surface area contributed by atoms with Crippen LogP contribution in [-0.2, 0) is 9.53 Å². The fraction of sp³-hybridized carbons (Fsp3) is 0.875. The van der Waals surface area contributed by atoms with Gasteiger partial charge >= 0.3 is 5.97 Å². The minimum Gasteiger partial charge on any atom is -0.464 e. The van der Waals surface area contributed by atoms with Gasteiger partial charge in [0.15, 0.2) is 6.10 Å². The Morgan fingerprint density at radius 3 is 2.64 bits per heavy atom. The van der Waals surface area contributed by atoms with Gasteiger partial charge in [-0.15, -0.1) is 0 Å². The molecule has 0 aromatic carbocycles. The van der Waals surface area contributed by atoms with E-state index in [1.165, 1.54) is 0 Å². The second-order valence-electron chi connectivity index (χ2n) is 2.41. The van der Waals surface area contributed by atoms with E-state index in [-0.39, 0.29) is 0 Å². The number of rotatable bonds is 5. The van der Waals surface area contributed by atoms with Crippen LogP contribution < -0.4 is 0 Å². The van der Waals surface area contributed by atoms with E-state index in [9.17, 15) is 4.79 Å². The summed E-state index contributed by atoms with van der Waals surface area (Å²) in [6.45, 7) is 4.07. The Kier molecular flexibility index (Phi) is 5.84. The van der Waals surface area contributed by atoms with Crippen LogP contribution in [0.1, 0.15) is 33.1 Å². The normalized spacial score (nSPS) is 12.6. The molecule has 0 fully saturated rings. The molecule has 11 heavy (non-hydrogen) atoms. The van der Waals surface area contributed by atoms with Crippen LogP contribution in [0.3, 0.4) is 0 Å². The van der Waals surface area contributed by atoms with Crippen molar-refractivity contribution in [3.05, 3.63) is 0 Å². The predicted molar refractivity (Wildman–Crippen MR) is 42.2 cm³/mol. The van der Waals surface area contributed by atoms with Crippen molar-refractivity contribution < 1.29 is 14.6 Å². The first-order chi connectivity index (χ1) is 5.22. The van der Waals surface area contributed by atoms with Gasteiger partial charge in [-0.2, -0.15) is 0 Å². The molecular formula is C8H16O3. The number of aliphatic hydroxyl groups excluding tert-OH is 1. The zero-order chi connectivity index (χ0) is 8.69. The topological polar surface area (TPSA) is 46.5 Å². The molecule has 66 valence electrons. The number of carbonyl (C=O) groups is 1. The summed E-state index contributed by atoms with van der Waals surface area (Å²) < 4.78 is 4.61. The summed E-state index contributed by atoms with van der Waals surface area (Å²) in [5.74, 6) is -0.499. The van der Waals surface area contributed by atoms with E-state index in [4.69, 9.17) is 5.11 Å². The Labute approximate surface area is 67.4 Å². The third kappa shape index (κ3) is 4.79. The first-order valence-corrected chi connectivity index (χ1v) is 4.07. The van der Waals surface area contributed by atoms with Crippen LogP contribution in [0.15, 0.2) is 0 Å². The maximum Gasteiger partial charge on any atom is 0.334 e. The number of ether oxygens (including phenoxy) is 1. The van der Waals surface area contributed by atoms with Crippen LogP contribution in [0.2, 0.25) is 0 Å². The number of hydrogen-bond donors (Lipinski definition) is 1. The maximum absolute atomic E-state index is 10.8.